The zero-order valence-corrected chi connectivity index (χ0v) is 15.5. The third-order valence-electron chi connectivity index (χ3n) is 3.99. The summed E-state index contributed by atoms with van der Waals surface area (Å²) in [6.07, 6.45) is -4.74. The van der Waals surface area contributed by atoms with E-state index in [2.05, 4.69) is 15.0 Å². The van der Waals surface area contributed by atoms with Crippen LogP contribution >= 0.6 is 0 Å². The van der Waals surface area contributed by atoms with Crippen LogP contribution in [-0.4, -0.2) is 28.4 Å². The number of primary amides is 1. The van der Waals surface area contributed by atoms with Crippen LogP contribution in [0.5, 0.6) is 17.2 Å². The second-order valence-electron chi connectivity index (χ2n) is 6.11. The van der Waals surface area contributed by atoms with E-state index in [1.54, 1.807) is 18.2 Å². The van der Waals surface area contributed by atoms with Gasteiger partial charge in [0.15, 0.2) is 0 Å². The van der Waals surface area contributed by atoms with E-state index in [1.807, 2.05) is 11.5 Å². The van der Waals surface area contributed by atoms with Gasteiger partial charge >= 0.3 is 6.36 Å². The van der Waals surface area contributed by atoms with Crippen molar-refractivity contribution in [1.29, 1.82) is 0 Å². The van der Waals surface area contributed by atoms with E-state index in [0.717, 1.165) is 16.9 Å². The third kappa shape index (κ3) is 5.38. The number of aryl methyl sites for hydroxylation is 1. The molecule has 3 N–H and O–H groups in total. The number of carbonyl (C=O) groups excluding carboxylic acids is 1. The zero-order chi connectivity index (χ0) is 21.0. The van der Waals surface area contributed by atoms with Gasteiger partial charge in [0.25, 0.3) is 0 Å². The van der Waals surface area contributed by atoms with E-state index < -0.39 is 12.3 Å². The van der Waals surface area contributed by atoms with Crippen LogP contribution in [0.1, 0.15) is 12.7 Å². The summed E-state index contributed by atoms with van der Waals surface area (Å²) in [4.78, 5) is 15.4. The van der Waals surface area contributed by atoms with Crippen LogP contribution in [0.2, 0.25) is 0 Å². The van der Waals surface area contributed by atoms with Crippen molar-refractivity contribution in [3.63, 3.8) is 0 Å². The maximum atomic E-state index is 12.2. The summed E-state index contributed by atoms with van der Waals surface area (Å²) < 4.78 is 48.3. The average molecular weight is 408 g/mol. The molecule has 0 aliphatic heterocycles. The Morgan fingerprint density at radius 1 is 1.14 bits per heavy atom. The van der Waals surface area contributed by atoms with Gasteiger partial charge in [0.2, 0.25) is 5.91 Å². The van der Waals surface area contributed by atoms with Gasteiger partial charge in [-0.1, -0.05) is 0 Å². The van der Waals surface area contributed by atoms with E-state index in [0.29, 0.717) is 24.6 Å². The van der Waals surface area contributed by atoms with Gasteiger partial charge in [0.1, 0.15) is 23.1 Å². The van der Waals surface area contributed by atoms with Crippen LogP contribution in [0.25, 0.3) is 11.0 Å². The molecule has 10 heteroatoms. The summed E-state index contributed by atoms with van der Waals surface area (Å²) in [6, 6.07) is 10.4. The second kappa shape index (κ2) is 8.39. The molecule has 0 aliphatic carbocycles. The number of fused-ring (bicyclic) bond motifs is 1. The lowest BCUT2D eigenvalue weighted by molar-refractivity contribution is -0.274. The van der Waals surface area contributed by atoms with Crippen LogP contribution in [0.4, 0.5) is 13.2 Å². The molecular formula is C19H19F3N4O3. The summed E-state index contributed by atoms with van der Waals surface area (Å²) in [5, 5.41) is 2.93. The molecule has 0 spiro atoms. The highest BCUT2D eigenvalue weighted by Crippen LogP contribution is 2.29. The van der Waals surface area contributed by atoms with E-state index in [9.17, 15) is 18.0 Å². The number of benzene rings is 2. The van der Waals surface area contributed by atoms with Crippen molar-refractivity contribution in [2.75, 3.05) is 6.54 Å². The number of halogens is 3. The van der Waals surface area contributed by atoms with Gasteiger partial charge in [-0.3, -0.25) is 4.79 Å². The minimum Gasteiger partial charge on any atom is -0.457 e. The van der Waals surface area contributed by atoms with Crippen LogP contribution in [0, 0.1) is 0 Å². The summed E-state index contributed by atoms with van der Waals surface area (Å²) >= 11 is 0. The number of aromatic nitrogens is 2. The number of carbonyl (C=O) groups is 1. The summed E-state index contributed by atoms with van der Waals surface area (Å²) in [5.74, 6) is 0.844. The average Bonchev–Trinajstić information content (AvgIpc) is 2.98. The summed E-state index contributed by atoms with van der Waals surface area (Å²) in [7, 11) is 0. The van der Waals surface area contributed by atoms with Gasteiger partial charge in [-0.2, -0.15) is 0 Å². The SMILES string of the molecule is CCn1c(CNCC(N)=O)nc2ccc(Oc3ccc(OC(F)(F)F)cc3)cc21. The molecular weight excluding hydrogens is 389 g/mol. The van der Waals surface area contributed by atoms with Crippen molar-refractivity contribution in [2.45, 2.75) is 26.4 Å². The van der Waals surface area contributed by atoms with E-state index in [1.165, 1.54) is 24.3 Å². The number of ether oxygens (including phenoxy) is 2. The van der Waals surface area contributed by atoms with Crippen LogP contribution < -0.4 is 20.5 Å². The number of hydrogen-bond donors (Lipinski definition) is 2. The predicted octanol–water partition coefficient (Wildman–Crippen LogP) is 3.32. The fourth-order valence-electron chi connectivity index (χ4n) is 2.85. The van der Waals surface area contributed by atoms with Crippen molar-refractivity contribution in [1.82, 2.24) is 14.9 Å². The van der Waals surface area contributed by atoms with E-state index in [-0.39, 0.29) is 12.3 Å². The van der Waals surface area contributed by atoms with Crippen molar-refractivity contribution in [2.24, 2.45) is 5.73 Å². The fraction of sp³-hybridized carbons (Fsp3) is 0.263. The fourth-order valence-corrected chi connectivity index (χ4v) is 2.85. The first-order valence-electron chi connectivity index (χ1n) is 8.77. The largest absolute Gasteiger partial charge is 0.573 e. The highest BCUT2D eigenvalue weighted by molar-refractivity contribution is 5.78. The molecule has 1 aromatic heterocycles. The highest BCUT2D eigenvalue weighted by Gasteiger charge is 2.31. The molecule has 7 nitrogen and oxygen atoms in total. The number of amides is 1. The van der Waals surface area contributed by atoms with Gasteiger partial charge in [-0.05, 0) is 43.3 Å². The predicted molar refractivity (Wildman–Crippen MR) is 99.5 cm³/mol. The summed E-state index contributed by atoms with van der Waals surface area (Å²) in [5.41, 5.74) is 6.71. The third-order valence-corrected chi connectivity index (χ3v) is 3.99. The lowest BCUT2D eigenvalue weighted by atomic mass is 10.3. The van der Waals surface area contributed by atoms with Crippen molar-refractivity contribution >= 4 is 16.9 Å². The smallest absolute Gasteiger partial charge is 0.457 e. The molecule has 0 unspecified atom stereocenters. The Labute approximate surface area is 164 Å². The lowest BCUT2D eigenvalue weighted by Crippen LogP contribution is -2.29. The first-order chi connectivity index (χ1) is 13.7. The molecule has 29 heavy (non-hydrogen) atoms. The number of nitrogens with zero attached hydrogens (tertiary/aromatic N) is 2. The molecule has 0 saturated heterocycles. The molecule has 0 saturated carbocycles. The molecule has 3 aromatic rings. The van der Waals surface area contributed by atoms with Crippen molar-refractivity contribution in [3.8, 4) is 17.2 Å². The highest BCUT2D eigenvalue weighted by atomic mass is 19.4. The minimum absolute atomic E-state index is 0.0509. The van der Waals surface area contributed by atoms with Crippen LogP contribution in [0.15, 0.2) is 42.5 Å². The molecule has 0 aliphatic rings. The maximum Gasteiger partial charge on any atom is 0.573 e. The monoisotopic (exact) mass is 408 g/mol. The number of imidazole rings is 1. The zero-order valence-electron chi connectivity index (χ0n) is 15.5. The molecule has 1 heterocycles. The Balaban J connectivity index is 1.77. The first-order valence-corrected chi connectivity index (χ1v) is 8.77. The number of rotatable bonds is 8. The van der Waals surface area contributed by atoms with Gasteiger partial charge < -0.3 is 25.1 Å². The Kier molecular flexibility index (Phi) is 5.92. The molecule has 154 valence electrons. The minimum atomic E-state index is -4.74. The van der Waals surface area contributed by atoms with E-state index in [4.69, 9.17) is 10.5 Å². The normalized spacial score (nSPS) is 11.6. The van der Waals surface area contributed by atoms with Crippen LogP contribution in [0.3, 0.4) is 0 Å². The number of nitrogens with one attached hydrogen (secondary N) is 1. The number of hydrogen-bond acceptors (Lipinski definition) is 5. The van der Waals surface area contributed by atoms with Crippen molar-refractivity contribution < 1.29 is 27.4 Å². The Hall–Kier alpha value is -3.27. The van der Waals surface area contributed by atoms with Crippen molar-refractivity contribution in [3.05, 3.63) is 48.3 Å². The number of alkyl halides is 3. The molecule has 0 atom stereocenters. The molecule has 2 aromatic carbocycles. The number of nitrogens with two attached hydrogens (primary N) is 1. The van der Waals surface area contributed by atoms with Gasteiger partial charge in [-0.25, -0.2) is 4.98 Å². The van der Waals surface area contributed by atoms with Gasteiger partial charge in [0, 0.05) is 12.6 Å². The molecule has 1 amide bonds. The topological polar surface area (TPSA) is 91.4 Å². The molecule has 0 bridgehead atoms. The van der Waals surface area contributed by atoms with E-state index >= 15 is 0 Å². The summed E-state index contributed by atoms with van der Waals surface area (Å²) in [6.45, 7) is 3.04. The lowest BCUT2D eigenvalue weighted by Gasteiger charge is -2.10. The molecule has 0 fully saturated rings. The Morgan fingerprint density at radius 3 is 2.41 bits per heavy atom. The molecule has 3 rings (SSSR count). The molecule has 0 radical (unpaired) electrons. The standard InChI is InChI=1S/C19H19F3N4O3/c1-2-26-16-9-14(7-8-15(16)25-18(26)11-24-10-17(23)27)28-12-3-5-13(6-4-12)29-19(20,21)22/h3-9,24H,2,10-11H2,1H3,(H2,23,27). The first kappa shape index (κ1) is 20.5. The second-order valence-corrected chi connectivity index (χ2v) is 6.11. The van der Waals surface area contributed by atoms with Crippen LogP contribution in [-0.2, 0) is 17.9 Å². The van der Waals surface area contributed by atoms with Gasteiger partial charge in [0.05, 0.1) is 24.1 Å². The quantitative estimate of drug-likeness (QED) is 0.597. The van der Waals surface area contributed by atoms with Gasteiger partial charge in [-0.15, -0.1) is 13.2 Å². The Morgan fingerprint density at radius 2 is 1.79 bits per heavy atom. The maximum absolute atomic E-state index is 12.2. The Bertz CT molecular complexity index is 1000.